The van der Waals surface area contributed by atoms with E-state index in [0.717, 1.165) is 31.1 Å². The number of benzene rings is 1. The van der Waals surface area contributed by atoms with Gasteiger partial charge in [0.2, 0.25) is 0 Å². The molecule has 1 N–H and O–H groups in total. The molecule has 0 saturated heterocycles. The summed E-state index contributed by atoms with van der Waals surface area (Å²) < 4.78 is 11.8. The van der Waals surface area contributed by atoms with Crippen LogP contribution in [0.3, 0.4) is 0 Å². The van der Waals surface area contributed by atoms with E-state index in [1.807, 2.05) is 0 Å². The molecule has 0 aliphatic carbocycles. The molecule has 3 nitrogen and oxygen atoms in total. The predicted molar refractivity (Wildman–Crippen MR) is 73.6 cm³/mol. The van der Waals surface area contributed by atoms with Gasteiger partial charge in [0, 0.05) is 19.0 Å². The van der Waals surface area contributed by atoms with Crippen molar-refractivity contribution in [2.75, 3.05) is 13.2 Å². The first-order valence-corrected chi connectivity index (χ1v) is 6.70. The Balaban J connectivity index is 2.11. The summed E-state index contributed by atoms with van der Waals surface area (Å²) in [7, 11) is 0. The number of rotatable bonds is 3. The van der Waals surface area contributed by atoms with Crippen LogP contribution in [0.2, 0.25) is 0 Å². The molecule has 1 unspecified atom stereocenters. The summed E-state index contributed by atoms with van der Waals surface area (Å²) in [6, 6.07) is 4.64. The van der Waals surface area contributed by atoms with Gasteiger partial charge in [-0.2, -0.15) is 0 Å². The number of fused-ring (bicyclic) bond motifs is 1. The zero-order chi connectivity index (χ0) is 13.1. The van der Waals surface area contributed by atoms with E-state index in [0.29, 0.717) is 6.04 Å². The van der Waals surface area contributed by atoms with Crippen LogP contribution in [0.1, 0.15) is 31.4 Å². The third-order valence-electron chi connectivity index (χ3n) is 3.30. The van der Waals surface area contributed by atoms with E-state index in [4.69, 9.17) is 9.47 Å². The van der Waals surface area contributed by atoms with Crippen molar-refractivity contribution in [2.24, 2.45) is 0 Å². The highest BCUT2D eigenvalue weighted by Gasteiger charge is 2.19. The van der Waals surface area contributed by atoms with Gasteiger partial charge in [-0.3, -0.25) is 0 Å². The second-order valence-electron chi connectivity index (χ2n) is 5.32. The van der Waals surface area contributed by atoms with Crippen molar-refractivity contribution >= 4 is 0 Å². The van der Waals surface area contributed by atoms with Gasteiger partial charge in [0.25, 0.3) is 0 Å². The monoisotopic (exact) mass is 249 g/mol. The Morgan fingerprint density at radius 2 is 1.89 bits per heavy atom. The Morgan fingerprint density at radius 3 is 2.56 bits per heavy atom. The fourth-order valence-electron chi connectivity index (χ4n) is 2.02. The fourth-order valence-corrected chi connectivity index (χ4v) is 2.02. The first kappa shape index (κ1) is 13.2. The van der Waals surface area contributed by atoms with Gasteiger partial charge in [-0.15, -0.1) is 0 Å². The average molecular weight is 249 g/mol. The molecular weight excluding hydrogens is 226 g/mol. The summed E-state index contributed by atoms with van der Waals surface area (Å²) in [4.78, 5) is 0. The lowest BCUT2D eigenvalue weighted by atomic mass is 10.1. The van der Waals surface area contributed by atoms with Crippen LogP contribution >= 0.6 is 0 Å². The minimum Gasteiger partial charge on any atom is -0.490 e. The Morgan fingerprint density at radius 1 is 1.22 bits per heavy atom. The van der Waals surface area contributed by atoms with Gasteiger partial charge in [-0.05, 0) is 37.1 Å². The van der Waals surface area contributed by atoms with Gasteiger partial charge in [0.1, 0.15) is 6.10 Å². The van der Waals surface area contributed by atoms with Crippen LogP contribution in [0, 0.1) is 13.8 Å². The van der Waals surface area contributed by atoms with Crippen LogP contribution in [0.5, 0.6) is 11.5 Å². The lowest BCUT2D eigenvalue weighted by Crippen LogP contribution is -2.35. The van der Waals surface area contributed by atoms with Crippen molar-refractivity contribution in [3.63, 3.8) is 0 Å². The highest BCUT2D eigenvalue weighted by molar-refractivity contribution is 5.47. The first-order valence-electron chi connectivity index (χ1n) is 6.70. The van der Waals surface area contributed by atoms with Gasteiger partial charge in [0.05, 0.1) is 6.61 Å². The quantitative estimate of drug-likeness (QED) is 0.893. The predicted octanol–water partition coefficient (Wildman–Crippen LogP) is 2.83. The number of hydrogen-bond donors (Lipinski definition) is 1. The van der Waals surface area contributed by atoms with E-state index in [1.165, 1.54) is 11.1 Å². The number of hydrogen-bond acceptors (Lipinski definition) is 3. The van der Waals surface area contributed by atoms with Crippen LogP contribution in [0.25, 0.3) is 0 Å². The van der Waals surface area contributed by atoms with Crippen molar-refractivity contribution in [3.8, 4) is 11.5 Å². The summed E-state index contributed by atoms with van der Waals surface area (Å²) in [5.74, 6) is 1.76. The van der Waals surface area contributed by atoms with Gasteiger partial charge in [-0.25, -0.2) is 0 Å². The van der Waals surface area contributed by atoms with E-state index in [-0.39, 0.29) is 6.10 Å². The third kappa shape index (κ3) is 3.16. The average Bonchev–Trinajstić information content (AvgIpc) is 2.49. The molecule has 0 aromatic heterocycles. The molecule has 1 aliphatic rings. The molecule has 2 rings (SSSR count). The second kappa shape index (κ2) is 5.61. The number of ether oxygens (including phenoxy) is 2. The zero-order valence-electron chi connectivity index (χ0n) is 11.7. The molecule has 0 radical (unpaired) electrons. The maximum Gasteiger partial charge on any atom is 0.161 e. The summed E-state index contributed by atoms with van der Waals surface area (Å²) in [5.41, 5.74) is 2.49. The molecule has 1 heterocycles. The minimum atomic E-state index is 0.191. The zero-order valence-corrected chi connectivity index (χ0v) is 11.7. The first-order chi connectivity index (χ1) is 8.56. The molecule has 0 bridgehead atoms. The highest BCUT2D eigenvalue weighted by atomic mass is 16.5. The van der Waals surface area contributed by atoms with E-state index in [9.17, 15) is 0 Å². The third-order valence-corrected chi connectivity index (χ3v) is 3.30. The van der Waals surface area contributed by atoms with Crippen molar-refractivity contribution in [3.05, 3.63) is 23.3 Å². The van der Waals surface area contributed by atoms with Crippen molar-refractivity contribution < 1.29 is 9.47 Å². The molecular formula is C15H23NO2. The van der Waals surface area contributed by atoms with E-state index in [1.54, 1.807) is 0 Å². The topological polar surface area (TPSA) is 30.5 Å². The van der Waals surface area contributed by atoms with Gasteiger partial charge in [0.15, 0.2) is 11.5 Å². The van der Waals surface area contributed by atoms with Crippen molar-refractivity contribution in [1.29, 1.82) is 0 Å². The standard InChI is InChI=1S/C15H23NO2/c1-10(2)16-9-13-5-6-17-14-7-11(3)12(4)8-15(14)18-13/h7-8,10,13,16H,5-6,9H2,1-4H3. The molecule has 18 heavy (non-hydrogen) atoms. The molecule has 1 aromatic rings. The Bertz CT molecular complexity index is 415. The van der Waals surface area contributed by atoms with Crippen LogP contribution in [0.4, 0.5) is 0 Å². The fraction of sp³-hybridized carbons (Fsp3) is 0.600. The maximum atomic E-state index is 6.06. The van der Waals surface area contributed by atoms with Gasteiger partial charge in [-0.1, -0.05) is 13.8 Å². The molecule has 1 aliphatic heterocycles. The van der Waals surface area contributed by atoms with E-state index >= 15 is 0 Å². The van der Waals surface area contributed by atoms with Crippen LogP contribution in [-0.2, 0) is 0 Å². The largest absolute Gasteiger partial charge is 0.490 e. The number of aryl methyl sites for hydroxylation is 2. The minimum absolute atomic E-state index is 0.191. The molecule has 100 valence electrons. The van der Waals surface area contributed by atoms with E-state index < -0.39 is 0 Å². The van der Waals surface area contributed by atoms with Crippen LogP contribution in [0.15, 0.2) is 12.1 Å². The summed E-state index contributed by atoms with van der Waals surface area (Å²) in [6.45, 7) is 10.1. The highest BCUT2D eigenvalue weighted by Crippen LogP contribution is 2.33. The molecule has 1 atom stereocenters. The van der Waals surface area contributed by atoms with E-state index in [2.05, 4.69) is 45.1 Å². The van der Waals surface area contributed by atoms with Crippen molar-refractivity contribution in [1.82, 2.24) is 5.32 Å². The maximum absolute atomic E-state index is 6.06. The normalized spacial score (nSPS) is 18.8. The molecule has 0 fully saturated rings. The Hall–Kier alpha value is -1.22. The Labute approximate surface area is 109 Å². The molecule has 0 saturated carbocycles. The lowest BCUT2D eigenvalue weighted by molar-refractivity contribution is 0.184. The van der Waals surface area contributed by atoms with Gasteiger partial charge >= 0.3 is 0 Å². The van der Waals surface area contributed by atoms with Crippen LogP contribution in [-0.4, -0.2) is 25.3 Å². The smallest absolute Gasteiger partial charge is 0.161 e. The van der Waals surface area contributed by atoms with Crippen molar-refractivity contribution in [2.45, 2.75) is 46.3 Å². The Kier molecular flexibility index (Phi) is 4.12. The van der Waals surface area contributed by atoms with Crippen LogP contribution < -0.4 is 14.8 Å². The molecule has 1 aromatic carbocycles. The molecule has 3 heteroatoms. The molecule has 0 amide bonds. The lowest BCUT2D eigenvalue weighted by Gasteiger charge is -2.18. The SMILES string of the molecule is Cc1cc2c(cc1C)OC(CNC(C)C)CCO2. The summed E-state index contributed by atoms with van der Waals surface area (Å²) in [6.07, 6.45) is 1.11. The van der Waals surface area contributed by atoms with Gasteiger partial charge < -0.3 is 14.8 Å². The summed E-state index contributed by atoms with van der Waals surface area (Å²) in [5, 5.41) is 3.42. The summed E-state index contributed by atoms with van der Waals surface area (Å²) >= 11 is 0. The second-order valence-corrected chi connectivity index (χ2v) is 5.32. The molecule has 0 spiro atoms. The number of nitrogens with one attached hydrogen (secondary N) is 1.